The van der Waals surface area contributed by atoms with Crippen molar-refractivity contribution in [1.29, 1.82) is 0 Å². The highest BCUT2D eigenvalue weighted by atomic mass is 15.2. The van der Waals surface area contributed by atoms with Crippen LogP contribution >= 0.6 is 0 Å². The highest BCUT2D eigenvalue weighted by molar-refractivity contribution is 4.93. The second-order valence-electron chi connectivity index (χ2n) is 8.06. The van der Waals surface area contributed by atoms with Gasteiger partial charge in [-0.15, -0.1) is 0 Å². The summed E-state index contributed by atoms with van der Waals surface area (Å²) >= 11 is 0. The van der Waals surface area contributed by atoms with Gasteiger partial charge in [0.1, 0.15) is 0 Å². The molecule has 0 amide bonds. The highest BCUT2D eigenvalue weighted by Crippen LogP contribution is 2.37. The summed E-state index contributed by atoms with van der Waals surface area (Å²) in [6.45, 7) is 8.73. The van der Waals surface area contributed by atoms with Crippen molar-refractivity contribution in [2.75, 3.05) is 40.8 Å². The van der Waals surface area contributed by atoms with Crippen LogP contribution in [0, 0.1) is 11.3 Å². The molecule has 2 aliphatic rings. The maximum absolute atomic E-state index is 3.57. The minimum atomic E-state index is 0.513. The third-order valence-corrected chi connectivity index (χ3v) is 5.68. The Morgan fingerprint density at radius 2 is 1.85 bits per heavy atom. The van der Waals surface area contributed by atoms with Gasteiger partial charge < -0.3 is 15.1 Å². The number of piperidine rings is 1. The van der Waals surface area contributed by atoms with Gasteiger partial charge in [0.2, 0.25) is 0 Å². The Morgan fingerprint density at radius 3 is 2.45 bits per heavy atom. The lowest BCUT2D eigenvalue weighted by Crippen LogP contribution is -2.54. The average Bonchev–Trinajstić information content (AvgIpc) is 2.40. The van der Waals surface area contributed by atoms with Gasteiger partial charge in [-0.1, -0.05) is 13.8 Å². The van der Waals surface area contributed by atoms with Crippen LogP contribution in [-0.4, -0.2) is 62.7 Å². The van der Waals surface area contributed by atoms with Gasteiger partial charge >= 0.3 is 0 Å². The second-order valence-corrected chi connectivity index (χ2v) is 8.06. The number of hydrogen-bond acceptors (Lipinski definition) is 3. The van der Waals surface area contributed by atoms with E-state index in [1.54, 1.807) is 0 Å². The van der Waals surface area contributed by atoms with E-state index in [0.29, 0.717) is 17.5 Å². The lowest BCUT2D eigenvalue weighted by Gasteiger charge is -2.46. The van der Waals surface area contributed by atoms with Gasteiger partial charge in [-0.25, -0.2) is 0 Å². The van der Waals surface area contributed by atoms with Gasteiger partial charge in [-0.2, -0.15) is 0 Å². The molecule has 0 aromatic heterocycles. The maximum Gasteiger partial charge on any atom is 0.0251 e. The third-order valence-electron chi connectivity index (χ3n) is 5.68. The lowest BCUT2D eigenvalue weighted by atomic mass is 9.72. The first-order valence-electron chi connectivity index (χ1n) is 8.47. The molecule has 2 atom stereocenters. The van der Waals surface area contributed by atoms with Crippen LogP contribution in [0.4, 0.5) is 0 Å². The molecule has 1 heterocycles. The molecule has 1 N–H and O–H groups in total. The van der Waals surface area contributed by atoms with E-state index in [4.69, 9.17) is 0 Å². The Morgan fingerprint density at radius 1 is 1.20 bits per heavy atom. The number of nitrogens with one attached hydrogen (secondary N) is 1. The van der Waals surface area contributed by atoms with E-state index < -0.39 is 0 Å². The Hall–Kier alpha value is -0.120. The highest BCUT2D eigenvalue weighted by Gasteiger charge is 2.36. The Labute approximate surface area is 126 Å². The Balaban J connectivity index is 1.90. The molecule has 1 saturated heterocycles. The van der Waals surface area contributed by atoms with Gasteiger partial charge in [0.25, 0.3) is 0 Å². The molecule has 0 bridgehead atoms. The van der Waals surface area contributed by atoms with Crippen molar-refractivity contribution >= 4 is 0 Å². The van der Waals surface area contributed by atoms with Crippen molar-refractivity contribution in [3.63, 3.8) is 0 Å². The van der Waals surface area contributed by atoms with Crippen LogP contribution in [0.2, 0.25) is 0 Å². The van der Waals surface area contributed by atoms with E-state index in [9.17, 15) is 0 Å². The lowest BCUT2D eigenvalue weighted by molar-refractivity contribution is 0.0650. The molecule has 1 aliphatic heterocycles. The minimum absolute atomic E-state index is 0.513. The maximum atomic E-state index is 3.57. The first-order chi connectivity index (χ1) is 9.41. The van der Waals surface area contributed by atoms with Gasteiger partial charge in [0, 0.05) is 18.6 Å². The minimum Gasteiger partial charge on any atom is -0.315 e. The van der Waals surface area contributed by atoms with E-state index in [1.165, 1.54) is 51.7 Å². The van der Waals surface area contributed by atoms with E-state index in [0.717, 1.165) is 5.92 Å². The van der Waals surface area contributed by atoms with Crippen LogP contribution in [0.3, 0.4) is 0 Å². The van der Waals surface area contributed by atoms with E-state index in [-0.39, 0.29) is 0 Å². The SMILES string of the molecule is CNC1CCC(C)(C)CC1N(C)CC1CCN(C)CC1. The topological polar surface area (TPSA) is 18.5 Å². The number of likely N-dealkylation sites (tertiary alicyclic amines) is 1. The standard InChI is InChI=1S/C17H35N3/c1-17(2)9-6-15(18-3)16(12-17)20(5)13-14-7-10-19(4)11-8-14/h14-16,18H,6-13H2,1-5H3. The van der Waals surface area contributed by atoms with Crippen molar-refractivity contribution in [2.24, 2.45) is 11.3 Å². The number of nitrogens with zero attached hydrogens (tertiary/aromatic N) is 2. The molecule has 2 fully saturated rings. The Bertz CT molecular complexity index is 295. The van der Waals surface area contributed by atoms with Gasteiger partial charge in [0.05, 0.1) is 0 Å². The second kappa shape index (κ2) is 6.76. The normalized spacial score (nSPS) is 32.7. The van der Waals surface area contributed by atoms with Crippen molar-refractivity contribution in [3.8, 4) is 0 Å². The Kier molecular flexibility index (Phi) is 5.49. The van der Waals surface area contributed by atoms with E-state index in [2.05, 4.69) is 50.1 Å². The van der Waals surface area contributed by atoms with Gasteiger partial charge in [0.15, 0.2) is 0 Å². The fourth-order valence-corrected chi connectivity index (χ4v) is 4.14. The molecule has 1 saturated carbocycles. The molecule has 3 nitrogen and oxygen atoms in total. The summed E-state index contributed by atoms with van der Waals surface area (Å²) in [5, 5.41) is 3.57. The molecule has 1 aliphatic carbocycles. The van der Waals surface area contributed by atoms with E-state index in [1.807, 2.05) is 0 Å². The van der Waals surface area contributed by atoms with Crippen molar-refractivity contribution < 1.29 is 0 Å². The predicted molar refractivity (Wildman–Crippen MR) is 87.1 cm³/mol. The molecule has 118 valence electrons. The fourth-order valence-electron chi connectivity index (χ4n) is 4.14. The average molecular weight is 281 g/mol. The first-order valence-corrected chi connectivity index (χ1v) is 8.47. The summed E-state index contributed by atoms with van der Waals surface area (Å²) in [6, 6.07) is 1.39. The van der Waals surface area contributed by atoms with Crippen LogP contribution in [-0.2, 0) is 0 Å². The summed E-state index contributed by atoms with van der Waals surface area (Å²) in [6.07, 6.45) is 6.77. The predicted octanol–water partition coefficient (Wildman–Crippen LogP) is 2.43. The zero-order valence-electron chi connectivity index (χ0n) is 14.3. The molecule has 0 radical (unpaired) electrons. The number of rotatable bonds is 4. The molecule has 0 spiro atoms. The molecular formula is C17H35N3. The summed E-state index contributed by atoms with van der Waals surface area (Å²) < 4.78 is 0. The summed E-state index contributed by atoms with van der Waals surface area (Å²) in [4.78, 5) is 5.13. The third kappa shape index (κ3) is 4.19. The van der Waals surface area contributed by atoms with E-state index >= 15 is 0 Å². The monoisotopic (exact) mass is 281 g/mol. The van der Waals surface area contributed by atoms with Crippen molar-refractivity contribution in [3.05, 3.63) is 0 Å². The zero-order valence-corrected chi connectivity index (χ0v) is 14.3. The molecule has 2 unspecified atom stereocenters. The molecule has 0 aromatic carbocycles. The first kappa shape index (κ1) is 16.3. The van der Waals surface area contributed by atoms with Gasteiger partial charge in [-0.05, 0) is 77.7 Å². The van der Waals surface area contributed by atoms with Crippen LogP contribution in [0.5, 0.6) is 0 Å². The van der Waals surface area contributed by atoms with Crippen LogP contribution in [0.25, 0.3) is 0 Å². The van der Waals surface area contributed by atoms with Crippen LogP contribution < -0.4 is 5.32 Å². The van der Waals surface area contributed by atoms with Gasteiger partial charge in [-0.3, -0.25) is 0 Å². The van der Waals surface area contributed by atoms with Crippen LogP contribution in [0.15, 0.2) is 0 Å². The molecule has 0 aromatic rings. The summed E-state index contributed by atoms with van der Waals surface area (Å²) in [5.41, 5.74) is 0.513. The summed E-state index contributed by atoms with van der Waals surface area (Å²) in [7, 11) is 6.74. The smallest absolute Gasteiger partial charge is 0.0251 e. The van der Waals surface area contributed by atoms with Crippen LogP contribution in [0.1, 0.15) is 46.0 Å². The molecule has 20 heavy (non-hydrogen) atoms. The largest absolute Gasteiger partial charge is 0.315 e. The summed E-state index contributed by atoms with van der Waals surface area (Å²) in [5.74, 6) is 0.902. The van der Waals surface area contributed by atoms with Crippen molar-refractivity contribution in [2.45, 2.75) is 58.0 Å². The quantitative estimate of drug-likeness (QED) is 0.854. The molecule has 2 rings (SSSR count). The zero-order chi connectivity index (χ0) is 14.8. The fraction of sp³-hybridized carbons (Fsp3) is 1.00. The molecule has 3 heteroatoms. The van der Waals surface area contributed by atoms with Crippen molar-refractivity contribution in [1.82, 2.24) is 15.1 Å². The molecular weight excluding hydrogens is 246 g/mol. The number of likely N-dealkylation sites (N-methyl/N-ethyl adjacent to an activating group) is 2. The number of hydrogen-bond donors (Lipinski definition) is 1.